The van der Waals surface area contributed by atoms with Gasteiger partial charge < -0.3 is 0 Å². The Balaban J connectivity index is 1.43. The van der Waals surface area contributed by atoms with E-state index in [1.165, 1.54) is 5.57 Å². The lowest BCUT2D eigenvalue weighted by Gasteiger charge is -2.23. The van der Waals surface area contributed by atoms with Gasteiger partial charge in [-0.2, -0.15) is 0 Å². The van der Waals surface area contributed by atoms with E-state index in [0.717, 1.165) is 48.3 Å². The second kappa shape index (κ2) is 7.75. The van der Waals surface area contributed by atoms with E-state index in [-0.39, 0.29) is 0 Å². The van der Waals surface area contributed by atoms with E-state index in [1.54, 1.807) is 24.5 Å². The van der Waals surface area contributed by atoms with E-state index in [0.29, 0.717) is 5.69 Å². The van der Waals surface area contributed by atoms with Gasteiger partial charge in [0.2, 0.25) is 0 Å². The molecule has 0 atom stereocenters. The summed E-state index contributed by atoms with van der Waals surface area (Å²) in [6, 6.07) is 9.36. The van der Waals surface area contributed by atoms with Crippen molar-refractivity contribution < 1.29 is 4.98 Å². The third-order valence-electron chi connectivity index (χ3n) is 4.60. The number of allylic oxidation sites excluding steroid dienone is 1. The highest BCUT2D eigenvalue weighted by atomic mass is 16.3. The maximum atomic E-state index is 11.0. The van der Waals surface area contributed by atoms with Gasteiger partial charge in [0.1, 0.15) is 0 Å². The number of rotatable bonds is 2. The fourth-order valence-corrected chi connectivity index (χ4v) is 3.17. The van der Waals surface area contributed by atoms with Crippen LogP contribution in [0.5, 0.6) is 0 Å². The summed E-state index contributed by atoms with van der Waals surface area (Å²) in [5, 5.41) is 3.10. The van der Waals surface area contributed by atoms with Gasteiger partial charge in [0.25, 0.3) is 0 Å². The van der Waals surface area contributed by atoms with Crippen LogP contribution < -0.4 is 9.88 Å². The number of piperidine rings is 1. The Labute approximate surface area is 157 Å². The van der Waals surface area contributed by atoms with Crippen LogP contribution >= 0.6 is 0 Å². The third-order valence-corrected chi connectivity index (χ3v) is 4.60. The lowest BCUT2D eigenvalue weighted by atomic mass is 10.0. The van der Waals surface area contributed by atoms with Crippen LogP contribution in [0.3, 0.4) is 0 Å². The number of nitrogens with zero attached hydrogens (tertiary/aromatic N) is 4. The van der Waals surface area contributed by atoms with Crippen molar-refractivity contribution in [1.29, 1.82) is 0 Å². The van der Waals surface area contributed by atoms with Crippen LogP contribution in [0.2, 0.25) is 0 Å². The van der Waals surface area contributed by atoms with Crippen LogP contribution in [0.4, 0.5) is 11.5 Å². The molecule has 1 aromatic carbocycles. The summed E-state index contributed by atoms with van der Waals surface area (Å²) in [6.07, 6.45) is 9.02. The summed E-state index contributed by atoms with van der Waals surface area (Å²) in [7, 11) is 0. The maximum Gasteiger partial charge on any atom is 0.304 e. The number of fused-ring (bicyclic) bond motifs is 1. The molecule has 2 aromatic heterocycles. The van der Waals surface area contributed by atoms with Crippen molar-refractivity contribution in [3.8, 4) is 11.8 Å². The van der Waals surface area contributed by atoms with Gasteiger partial charge in [0.05, 0.1) is 30.3 Å². The van der Waals surface area contributed by atoms with Crippen molar-refractivity contribution in [2.24, 2.45) is 5.18 Å². The van der Waals surface area contributed by atoms with Crippen molar-refractivity contribution in [2.45, 2.75) is 12.8 Å². The highest BCUT2D eigenvalue weighted by molar-refractivity contribution is 5.75. The van der Waals surface area contributed by atoms with E-state index in [4.69, 9.17) is 0 Å². The molecule has 6 heteroatoms. The molecule has 0 aliphatic carbocycles. The van der Waals surface area contributed by atoms with Crippen LogP contribution in [0, 0.1) is 16.7 Å². The number of nitroso groups, excluding NO2 is 1. The molecule has 0 amide bonds. The maximum absolute atomic E-state index is 11.0. The van der Waals surface area contributed by atoms with Crippen LogP contribution in [0.25, 0.3) is 11.0 Å². The number of pyridine rings is 1. The molecule has 3 heterocycles. The lowest BCUT2D eigenvalue weighted by Crippen LogP contribution is -2.34. The van der Waals surface area contributed by atoms with Gasteiger partial charge in [-0.25, -0.2) is 4.98 Å². The second-order valence-electron chi connectivity index (χ2n) is 6.31. The fraction of sp³-hybridized carbons (Fsp3) is 0.190. The number of aromatic amines is 1. The Bertz CT molecular complexity index is 1070. The molecule has 1 aliphatic heterocycles. The van der Waals surface area contributed by atoms with Crippen molar-refractivity contribution in [1.82, 2.24) is 9.97 Å². The predicted molar refractivity (Wildman–Crippen MR) is 104 cm³/mol. The van der Waals surface area contributed by atoms with Gasteiger partial charge in [-0.3, -0.25) is 14.9 Å². The summed E-state index contributed by atoms with van der Waals surface area (Å²) in [5.74, 6) is 7.12. The molecule has 1 N–H and O–H groups in total. The molecule has 0 spiro atoms. The van der Waals surface area contributed by atoms with Gasteiger partial charge >= 0.3 is 5.82 Å². The number of hydrogen-bond acceptors (Lipinski definition) is 5. The average molecular weight is 356 g/mol. The molecule has 4 rings (SSSR count). The number of H-pyrrole nitrogens is 1. The SMILES string of the molecule is O=Nc1ccc[nH+]c1N1CCC(=CC#Cc2ccc3nccnc3c2)CC1. The summed E-state index contributed by atoms with van der Waals surface area (Å²) in [5.41, 5.74) is 4.41. The number of nitrogens with one attached hydrogen (secondary N) is 1. The molecule has 1 fully saturated rings. The van der Waals surface area contributed by atoms with E-state index >= 15 is 0 Å². The molecule has 1 saturated heterocycles. The minimum atomic E-state index is 0.448. The first-order valence-electron chi connectivity index (χ1n) is 8.83. The fourth-order valence-electron chi connectivity index (χ4n) is 3.17. The summed E-state index contributed by atoms with van der Waals surface area (Å²) >= 11 is 0. The van der Waals surface area contributed by atoms with Gasteiger partial charge in [0.15, 0.2) is 5.69 Å². The van der Waals surface area contributed by atoms with Crippen molar-refractivity contribution >= 4 is 22.5 Å². The number of anilines is 1. The zero-order valence-electron chi connectivity index (χ0n) is 14.7. The van der Waals surface area contributed by atoms with Crippen LogP contribution in [-0.2, 0) is 0 Å². The molecular formula is C21H18N5O+. The minimum absolute atomic E-state index is 0.448. The van der Waals surface area contributed by atoms with Crippen LogP contribution in [0.15, 0.2) is 65.7 Å². The highest BCUT2D eigenvalue weighted by Gasteiger charge is 2.24. The Morgan fingerprint density at radius 1 is 1.11 bits per heavy atom. The number of aromatic nitrogens is 3. The van der Waals surface area contributed by atoms with E-state index < -0.39 is 0 Å². The van der Waals surface area contributed by atoms with E-state index in [9.17, 15) is 4.91 Å². The predicted octanol–water partition coefficient (Wildman–Crippen LogP) is 3.42. The van der Waals surface area contributed by atoms with Crippen molar-refractivity contribution in [3.63, 3.8) is 0 Å². The van der Waals surface area contributed by atoms with Crippen LogP contribution in [0.1, 0.15) is 18.4 Å². The first-order chi connectivity index (χ1) is 13.3. The Morgan fingerprint density at radius 2 is 1.93 bits per heavy atom. The second-order valence-corrected chi connectivity index (χ2v) is 6.31. The number of benzene rings is 1. The third kappa shape index (κ3) is 3.82. The molecule has 0 bridgehead atoms. The monoisotopic (exact) mass is 356 g/mol. The normalized spacial score (nSPS) is 13.8. The van der Waals surface area contributed by atoms with Crippen molar-refractivity contribution in [2.75, 3.05) is 18.0 Å². The van der Waals surface area contributed by atoms with E-state index in [1.807, 2.05) is 30.5 Å². The zero-order chi connectivity index (χ0) is 18.5. The smallest absolute Gasteiger partial charge is 0.259 e. The Kier molecular flexibility index (Phi) is 4.84. The summed E-state index contributed by atoms with van der Waals surface area (Å²) < 4.78 is 0. The van der Waals surface area contributed by atoms with Gasteiger partial charge in [-0.05, 0) is 41.6 Å². The lowest BCUT2D eigenvalue weighted by molar-refractivity contribution is -0.363. The Hall–Kier alpha value is -3.59. The molecule has 27 heavy (non-hydrogen) atoms. The number of hydrogen-bond donors (Lipinski definition) is 0. The first-order valence-corrected chi connectivity index (χ1v) is 8.83. The average Bonchev–Trinajstić information content (AvgIpc) is 2.74. The molecule has 1 aliphatic rings. The highest BCUT2D eigenvalue weighted by Crippen LogP contribution is 2.26. The molecule has 6 nitrogen and oxygen atoms in total. The summed E-state index contributed by atoms with van der Waals surface area (Å²) in [4.78, 5) is 24.8. The largest absolute Gasteiger partial charge is 0.304 e. The topological polar surface area (TPSA) is 72.6 Å². The van der Waals surface area contributed by atoms with Gasteiger partial charge in [-0.1, -0.05) is 17.4 Å². The molecule has 0 radical (unpaired) electrons. The van der Waals surface area contributed by atoms with Gasteiger partial charge in [-0.15, -0.1) is 4.91 Å². The zero-order valence-corrected chi connectivity index (χ0v) is 14.7. The molecule has 132 valence electrons. The van der Waals surface area contributed by atoms with E-state index in [2.05, 4.69) is 36.9 Å². The van der Waals surface area contributed by atoms with Crippen molar-refractivity contribution in [3.05, 3.63) is 71.0 Å². The standard InChI is InChI=1S/C21H17N5O/c27-25-19-5-2-10-24-21(19)26-13-8-16(9-14-26)3-1-4-17-6-7-18-20(15-17)23-12-11-22-18/h2-3,5-7,10-12,15H,8-9,13-14H2/p+1. The molecule has 0 saturated carbocycles. The Morgan fingerprint density at radius 3 is 2.74 bits per heavy atom. The molecular weight excluding hydrogens is 338 g/mol. The van der Waals surface area contributed by atoms with Crippen LogP contribution in [-0.4, -0.2) is 23.1 Å². The molecule has 0 unspecified atom stereocenters. The first kappa shape index (κ1) is 16.9. The van der Waals surface area contributed by atoms with Gasteiger partial charge in [0, 0.05) is 30.8 Å². The quantitative estimate of drug-likeness (QED) is 0.521. The summed E-state index contributed by atoms with van der Waals surface area (Å²) in [6.45, 7) is 1.67. The molecule has 3 aromatic rings. The minimum Gasteiger partial charge on any atom is -0.259 e.